The Morgan fingerprint density at radius 3 is 2.59 bits per heavy atom. The summed E-state index contributed by atoms with van der Waals surface area (Å²) in [6.45, 7) is 4.35. The van der Waals surface area contributed by atoms with E-state index in [0.29, 0.717) is 11.3 Å². The molecule has 0 radical (unpaired) electrons. The van der Waals surface area contributed by atoms with Crippen LogP contribution in [0.4, 0.5) is 0 Å². The molecule has 1 fully saturated rings. The van der Waals surface area contributed by atoms with Crippen molar-refractivity contribution in [2.24, 2.45) is 0 Å². The molecular formula is C23H26N2O2. The maximum absolute atomic E-state index is 11.7. The first-order chi connectivity index (χ1) is 13.3. The third kappa shape index (κ3) is 3.62. The Bertz CT molecular complexity index is 939. The van der Waals surface area contributed by atoms with E-state index >= 15 is 0 Å². The summed E-state index contributed by atoms with van der Waals surface area (Å²) in [5.74, 6) is 0.705. The quantitative estimate of drug-likeness (QED) is 0.600. The van der Waals surface area contributed by atoms with Gasteiger partial charge in [-0.05, 0) is 56.3 Å². The van der Waals surface area contributed by atoms with Crippen LogP contribution in [0, 0.1) is 0 Å². The number of ether oxygens (including phenoxy) is 1. The molecule has 1 aromatic heterocycles. The summed E-state index contributed by atoms with van der Waals surface area (Å²) < 4.78 is 7.65. The molecule has 2 aromatic carbocycles. The Balaban J connectivity index is 1.75. The van der Waals surface area contributed by atoms with Gasteiger partial charge >= 0.3 is 0 Å². The maximum atomic E-state index is 11.7. The van der Waals surface area contributed by atoms with Gasteiger partial charge in [0.25, 0.3) is 0 Å². The van der Waals surface area contributed by atoms with E-state index in [1.807, 2.05) is 18.2 Å². The minimum Gasteiger partial charge on any atom is -0.497 e. The second kappa shape index (κ2) is 7.97. The normalized spacial score (nSPS) is 15.1. The zero-order valence-corrected chi connectivity index (χ0v) is 15.9. The SMILES string of the molecule is COc1ccc(-c2cc3ccccc3n2CCN2CCCCC2)c(C=O)c1. The molecule has 4 rings (SSSR count). The van der Waals surface area contributed by atoms with Crippen LogP contribution in [0.5, 0.6) is 5.75 Å². The number of hydrogen-bond donors (Lipinski definition) is 0. The van der Waals surface area contributed by atoms with Gasteiger partial charge in [-0.25, -0.2) is 0 Å². The number of carbonyl (C=O) groups is 1. The molecule has 0 atom stereocenters. The average molecular weight is 362 g/mol. The van der Waals surface area contributed by atoms with Crippen molar-refractivity contribution in [1.82, 2.24) is 9.47 Å². The lowest BCUT2D eigenvalue weighted by atomic mass is 10.0. The van der Waals surface area contributed by atoms with Gasteiger partial charge < -0.3 is 14.2 Å². The van der Waals surface area contributed by atoms with Crippen molar-refractivity contribution in [1.29, 1.82) is 0 Å². The highest BCUT2D eigenvalue weighted by Crippen LogP contribution is 2.32. The largest absolute Gasteiger partial charge is 0.497 e. The minimum absolute atomic E-state index is 0.663. The standard InChI is InChI=1S/C23H26N2O2/c1-27-20-9-10-21(19(15-20)17-26)23-16-18-7-3-4-8-22(18)25(23)14-13-24-11-5-2-6-12-24/h3-4,7-10,15-17H,2,5-6,11-14H2,1H3. The fourth-order valence-corrected chi connectivity index (χ4v) is 4.10. The van der Waals surface area contributed by atoms with Gasteiger partial charge in [-0.2, -0.15) is 0 Å². The zero-order chi connectivity index (χ0) is 18.6. The fourth-order valence-electron chi connectivity index (χ4n) is 4.10. The summed E-state index contributed by atoms with van der Waals surface area (Å²) in [5, 5.41) is 1.21. The molecule has 4 nitrogen and oxygen atoms in total. The van der Waals surface area contributed by atoms with Crippen LogP contribution < -0.4 is 4.74 Å². The summed E-state index contributed by atoms with van der Waals surface area (Å²) >= 11 is 0. The molecule has 1 saturated heterocycles. The molecule has 0 saturated carbocycles. The highest BCUT2D eigenvalue weighted by Gasteiger charge is 2.16. The van der Waals surface area contributed by atoms with Gasteiger partial charge in [-0.15, -0.1) is 0 Å². The molecule has 0 amide bonds. The molecule has 0 unspecified atom stereocenters. The lowest BCUT2D eigenvalue weighted by Crippen LogP contribution is -2.32. The predicted octanol–water partition coefficient (Wildman–Crippen LogP) is 4.62. The number of para-hydroxylation sites is 1. The number of aromatic nitrogens is 1. The summed E-state index contributed by atoms with van der Waals surface area (Å²) in [6.07, 6.45) is 4.87. The Labute approximate surface area is 160 Å². The van der Waals surface area contributed by atoms with E-state index in [0.717, 1.165) is 30.6 Å². The van der Waals surface area contributed by atoms with Crippen LogP contribution in [0.25, 0.3) is 22.2 Å². The Kier molecular flexibility index (Phi) is 5.26. The smallest absolute Gasteiger partial charge is 0.150 e. The molecule has 140 valence electrons. The van der Waals surface area contributed by atoms with Gasteiger partial charge in [-0.1, -0.05) is 24.6 Å². The number of carbonyl (C=O) groups excluding carboxylic acids is 1. The van der Waals surface area contributed by atoms with E-state index in [4.69, 9.17) is 4.74 Å². The van der Waals surface area contributed by atoms with Gasteiger partial charge in [0.2, 0.25) is 0 Å². The summed E-state index contributed by atoms with van der Waals surface area (Å²) in [5.41, 5.74) is 3.94. The van der Waals surface area contributed by atoms with Gasteiger partial charge in [0, 0.05) is 40.8 Å². The highest BCUT2D eigenvalue weighted by atomic mass is 16.5. The number of rotatable bonds is 6. The molecule has 0 aliphatic carbocycles. The average Bonchev–Trinajstić information content (AvgIpc) is 3.10. The maximum Gasteiger partial charge on any atom is 0.150 e. The zero-order valence-electron chi connectivity index (χ0n) is 15.9. The predicted molar refractivity (Wildman–Crippen MR) is 110 cm³/mol. The van der Waals surface area contributed by atoms with Crippen molar-refractivity contribution in [3.63, 3.8) is 0 Å². The molecule has 0 bridgehead atoms. The first kappa shape index (κ1) is 17.8. The van der Waals surface area contributed by atoms with E-state index < -0.39 is 0 Å². The van der Waals surface area contributed by atoms with E-state index in [1.165, 1.54) is 43.3 Å². The Hall–Kier alpha value is -2.59. The van der Waals surface area contributed by atoms with E-state index in [-0.39, 0.29) is 0 Å². The Morgan fingerprint density at radius 1 is 1.00 bits per heavy atom. The van der Waals surface area contributed by atoms with Crippen molar-refractivity contribution in [2.75, 3.05) is 26.7 Å². The van der Waals surface area contributed by atoms with E-state index in [1.54, 1.807) is 7.11 Å². The molecule has 4 heteroatoms. The molecule has 27 heavy (non-hydrogen) atoms. The third-order valence-electron chi connectivity index (χ3n) is 5.56. The van der Waals surface area contributed by atoms with Crippen LogP contribution in [0.1, 0.15) is 29.6 Å². The van der Waals surface area contributed by atoms with Crippen LogP contribution in [0.3, 0.4) is 0 Å². The molecule has 1 aliphatic heterocycles. The van der Waals surface area contributed by atoms with Gasteiger partial charge in [0.15, 0.2) is 6.29 Å². The molecule has 1 aliphatic rings. The Morgan fingerprint density at radius 2 is 1.81 bits per heavy atom. The number of fused-ring (bicyclic) bond motifs is 1. The molecular weight excluding hydrogens is 336 g/mol. The molecule has 0 spiro atoms. The number of aldehydes is 1. The number of methoxy groups -OCH3 is 1. The van der Waals surface area contributed by atoms with Crippen LogP contribution in [-0.4, -0.2) is 42.5 Å². The van der Waals surface area contributed by atoms with Gasteiger partial charge in [-0.3, -0.25) is 4.79 Å². The molecule has 0 N–H and O–H groups in total. The number of piperidine rings is 1. The fraction of sp³-hybridized carbons (Fsp3) is 0.348. The van der Waals surface area contributed by atoms with Crippen molar-refractivity contribution < 1.29 is 9.53 Å². The monoisotopic (exact) mass is 362 g/mol. The highest BCUT2D eigenvalue weighted by molar-refractivity contribution is 5.93. The van der Waals surface area contributed by atoms with Crippen molar-refractivity contribution >= 4 is 17.2 Å². The van der Waals surface area contributed by atoms with Crippen molar-refractivity contribution in [3.05, 3.63) is 54.1 Å². The first-order valence-corrected chi connectivity index (χ1v) is 9.74. The second-order valence-electron chi connectivity index (χ2n) is 7.21. The topological polar surface area (TPSA) is 34.5 Å². The van der Waals surface area contributed by atoms with Crippen LogP contribution in [0.2, 0.25) is 0 Å². The summed E-state index contributed by atoms with van der Waals surface area (Å²) in [4.78, 5) is 14.3. The first-order valence-electron chi connectivity index (χ1n) is 9.74. The second-order valence-corrected chi connectivity index (χ2v) is 7.21. The number of hydrogen-bond acceptors (Lipinski definition) is 3. The third-order valence-corrected chi connectivity index (χ3v) is 5.56. The van der Waals surface area contributed by atoms with Gasteiger partial charge in [0.1, 0.15) is 5.75 Å². The van der Waals surface area contributed by atoms with Crippen LogP contribution in [-0.2, 0) is 6.54 Å². The van der Waals surface area contributed by atoms with Crippen molar-refractivity contribution in [3.8, 4) is 17.0 Å². The van der Waals surface area contributed by atoms with Gasteiger partial charge in [0.05, 0.1) is 7.11 Å². The van der Waals surface area contributed by atoms with Crippen LogP contribution in [0.15, 0.2) is 48.5 Å². The summed E-state index contributed by atoms with van der Waals surface area (Å²) in [7, 11) is 1.62. The molecule has 2 heterocycles. The number of likely N-dealkylation sites (tertiary alicyclic amines) is 1. The minimum atomic E-state index is 0.663. The lowest BCUT2D eigenvalue weighted by molar-refractivity contribution is 0.112. The van der Waals surface area contributed by atoms with Crippen LogP contribution >= 0.6 is 0 Å². The lowest BCUT2D eigenvalue weighted by Gasteiger charge is -2.27. The number of benzene rings is 2. The summed E-state index contributed by atoms with van der Waals surface area (Å²) in [6, 6.07) is 16.4. The number of nitrogens with zero attached hydrogens (tertiary/aromatic N) is 2. The molecule has 3 aromatic rings. The van der Waals surface area contributed by atoms with Crippen molar-refractivity contribution in [2.45, 2.75) is 25.8 Å². The van der Waals surface area contributed by atoms with E-state index in [2.05, 4.69) is 39.8 Å². The van der Waals surface area contributed by atoms with E-state index in [9.17, 15) is 4.79 Å².